The molecule has 0 aliphatic heterocycles. The molecule has 6 aromatic rings. The van der Waals surface area contributed by atoms with Crippen molar-refractivity contribution < 1.29 is 18.9 Å². The minimum atomic E-state index is 0.772. The highest BCUT2D eigenvalue weighted by Gasteiger charge is 2.27. The molecular weight excluding hydrogens is 524 g/mol. The fourth-order valence-electron chi connectivity index (χ4n) is 5.69. The molecule has 0 unspecified atom stereocenters. The van der Waals surface area contributed by atoms with Gasteiger partial charge >= 0.3 is 0 Å². The van der Waals surface area contributed by atoms with E-state index < -0.39 is 0 Å². The number of ether oxygens (including phenoxy) is 4. The number of nitrogens with zero attached hydrogens (tertiary/aromatic N) is 2. The molecule has 6 rings (SSSR count). The summed E-state index contributed by atoms with van der Waals surface area (Å²) >= 11 is 0. The third kappa shape index (κ3) is 4.71. The average Bonchev–Trinajstić information content (AvgIpc) is 3.44. The van der Waals surface area contributed by atoms with E-state index in [0.717, 1.165) is 78.4 Å². The molecule has 0 saturated heterocycles. The molecule has 5 aromatic carbocycles. The van der Waals surface area contributed by atoms with E-state index in [9.17, 15) is 0 Å². The molecule has 6 heteroatoms. The van der Waals surface area contributed by atoms with Gasteiger partial charge in [-0.2, -0.15) is 5.10 Å². The highest BCUT2D eigenvalue weighted by atomic mass is 16.5. The smallest absolute Gasteiger partial charge is 0.119 e. The zero-order valence-electron chi connectivity index (χ0n) is 24.3. The largest absolute Gasteiger partial charge is 0.497 e. The van der Waals surface area contributed by atoms with Crippen molar-refractivity contribution in [2.75, 3.05) is 28.4 Å². The predicted octanol–water partition coefficient (Wildman–Crippen LogP) is 8.28. The first-order valence-corrected chi connectivity index (χ1v) is 13.7. The Morgan fingerprint density at radius 1 is 0.476 bits per heavy atom. The van der Waals surface area contributed by atoms with Gasteiger partial charge in [-0.15, -0.1) is 0 Å². The van der Waals surface area contributed by atoms with Crippen LogP contribution < -0.4 is 18.9 Å². The first kappa shape index (κ1) is 27.0. The zero-order valence-corrected chi connectivity index (χ0v) is 24.3. The van der Waals surface area contributed by atoms with E-state index in [0.29, 0.717) is 0 Å². The third-order valence-corrected chi connectivity index (χ3v) is 7.63. The number of hydrogen-bond acceptors (Lipinski definition) is 5. The Hall–Kier alpha value is -5.23. The Morgan fingerprint density at radius 3 is 1.24 bits per heavy atom. The number of hydrogen-bond donors (Lipinski definition) is 0. The number of rotatable bonds is 8. The zero-order chi connectivity index (χ0) is 29.2. The first-order valence-electron chi connectivity index (χ1n) is 13.7. The number of fused-ring (bicyclic) bond motifs is 1. The summed E-state index contributed by atoms with van der Waals surface area (Å²) in [5.41, 5.74) is 9.26. The Morgan fingerprint density at radius 2 is 0.833 bits per heavy atom. The van der Waals surface area contributed by atoms with Gasteiger partial charge in [0, 0.05) is 29.1 Å². The van der Waals surface area contributed by atoms with Crippen molar-refractivity contribution in [3.05, 3.63) is 103 Å². The second-order valence-corrected chi connectivity index (χ2v) is 9.96. The third-order valence-electron chi connectivity index (χ3n) is 7.63. The van der Waals surface area contributed by atoms with Gasteiger partial charge in [0.2, 0.25) is 0 Å². The minimum absolute atomic E-state index is 0.772. The van der Waals surface area contributed by atoms with Crippen molar-refractivity contribution in [2.45, 2.75) is 0 Å². The molecule has 1 aromatic heterocycles. The molecule has 0 bridgehead atoms. The summed E-state index contributed by atoms with van der Waals surface area (Å²) in [6.07, 6.45) is 1.95. The van der Waals surface area contributed by atoms with Gasteiger partial charge < -0.3 is 18.9 Å². The van der Waals surface area contributed by atoms with E-state index in [1.54, 1.807) is 28.4 Å². The van der Waals surface area contributed by atoms with Crippen LogP contribution in [0.2, 0.25) is 0 Å². The lowest BCUT2D eigenvalue weighted by Crippen LogP contribution is -2.00. The van der Waals surface area contributed by atoms with Gasteiger partial charge in [-0.3, -0.25) is 4.68 Å². The lowest BCUT2D eigenvalue weighted by atomic mass is 9.80. The fraction of sp³-hybridized carbons (Fsp3) is 0.139. The standard InChI is InChI=1S/C36H32N2O4/c1-38-36-31(22-37-38)32(23-10-6-14-27(18-23)39-2)33(24-11-7-15-28(19-24)40-3)34(25-12-8-16-29(20-25)41-4)35(36)26-13-9-17-30(21-26)42-5/h6-22H,1-5H3. The van der Waals surface area contributed by atoms with Crippen LogP contribution in [0.1, 0.15) is 0 Å². The van der Waals surface area contributed by atoms with Crippen LogP contribution in [0.25, 0.3) is 55.4 Å². The monoisotopic (exact) mass is 556 g/mol. The highest BCUT2D eigenvalue weighted by Crippen LogP contribution is 2.52. The average molecular weight is 557 g/mol. The van der Waals surface area contributed by atoms with Gasteiger partial charge in [-0.05, 0) is 76.3 Å². The van der Waals surface area contributed by atoms with E-state index in [1.165, 1.54) is 0 Å². The van der Waals surface area contributed by atoms with Crippen LogP contribution in [0.5, 0.6) is 23.0 Å². The summed E-state index contributed by atoms with van der Waals surface area (Å²) < 4.78 is 24.7. The van der Waals surface area contributed by atoms with Gasteiger partial charge in [0.25, 0.3) is 0 Å². The first-order chi connectivity index (χ1) is 20.6. The Kier molecular flexibility index (Phi) is 7.28. The molecule has 42 heavy (non-hydrogen) atoms. The lowest BCUT2D eigenvalue weighted by Gasteiger charge is -2.23. The Bertz CT molecular complexity index is 1910. The molecule has 0 aliphatic rings. The molecular formula is C36H32N2O4. The maximum Gasteiger partial charge on any atom is 0.119 e. The van der Waals surface area contributed by atoms with Gasteiger partial charge in [0.15, 0.2) is 0 Å². The maximum absolute atomic E-state index is 5.71. The number of benzene rings is 5. The molecule has 0 fully saturated rings. The van der Waals surface area contributed by atoms with Crippen molar-refractivity contribution in [3.63, 3.8) is 0 Å². The number of aryl methyl sites for hydroxylation is 1. The van der Waals surface area contributed by atoms with E-state index in [-0.39, 0.29) is 0 Å². The van der Waals surface area contributed by atoms with E-state index >= 15 is 0 Å². The van der Waals surface area contributed by atoms with Crippen molar-refractivity contribution in [3.8, 4) is 67.5 Å². The SMILES string of the molecule is COc1cccc(-c2c(-c3cccc(OC)c3)c(-c3cccc(OC)c3)c3c(cnn3C)c2-c2cccc(OC)c2)c1. The van der Waals surface area contributed by atoms with Crippen LogP contribution >= 0.6 is 0 Å². The van der Waals surface area contributed by atoms with Crippen molar-refractivity contribution in [1.82, 2.24) is 9.78 Å². The van der Waals surface area contributed by atoms with Gasteiger partial charge in [0.05, 0.1) is 40.2 Å². The Labute approximate surface area is 245 Å². The quantitative estimate of drug-likeness (QED) is 0.189. The van der Waals surface area contributed by atoms with Crippen LogP contribution in [0.3, 0.4) is 0 Å². The molecule has 0 saturated carbocycles. The van der Waals surface area contributed by atoms with Crippen LogP contribution in [0, 0.1) is 0 Å². The van der Waals surface area contributed by atoms with Crippen LogP contribution in [-0.4, -0.2) is 38.2 Å². The molecule has 1 heterocycles. The Balaban J connectivity index is 1.89. The van der Waals surface area contributed by atoms with Gasteiger partial charge in [-0.1, -0.05) is 48.5 Å². The van der Waals surface area contributed by atoms with Crippen LogP contribution in [0.15, 0.2) is 103 Å². The van der Waals surface area contributed by atoms with Crippen molar-refractivity contribution >= 4 is 10.9 Å². The lowest BCUT2D eigenvalue weighted by molar-refractivity contribution is 0.415. The molecule has 0 atom stereocenters. The topological polar surface area (TPSA) is 54.7 Å². The second-order valence-electron chi connectivity index (χ2n) is 9.96. The van der Waals surface area contributed by atoms with Crippen molar-refractivity contribution in [1.29, 1.82) is 0 Å². The summed E-state index contributed by atoms with van der Waals surface area (Å²) in [6, 6.07) is 32.8. The van der Waals surface area contributed by atoms with E-state index in [1.807, 2.05) is 66.5 Å². The fourth-order valence-corrected chi connectivity index (χ4v) is 5.69. The molecule has 6 nitrogen and oxygen atoms in total. The van der Waals surface area contributed by atoms with Crippen LogP contribution in [0.4, 0.5) is 0 Å². The highest BCUT2D eigenvalue weighted by molar-refractivity contribution is 6.17. The summed E-state index contributed by atoms with van der Waals surface area (Å²) in [6.45, 7) is 0. The molecule has 0 aliphatic carbocycles. The second kappa shape index (κ2) is 11.3. The molecule has 0 radical (unpaired) electrons. The molecule has 0 spiro atoms. The van der Waals surface area contributed by atoms with E-state index in [2.05, 4.69) is 48.5 Å². The van der Waals surface area contributed by atoms with Crippen LogP contribution in [-0.2, 0) is 7.05 Å². The maximum atomic E-state index is 5.71. The molecule has 210 valence electrons. The van der Waals surface area contributed by atoms with E-state index in [4.69, 9.17) is 24.0 Å². The van der Waals surface area contributed by atoms with Gasteiger partial charge in [-0.25, -0.2) is 0 Å². The molecule has 0 amide bonds. The van der Waals surface area contributed by atoms with Crippen molar-refractivity contribution in [2.24, 2.45) is 7.05 Å². The van der Waals surface area contributed by atoms with Gasteiger partial charge in [0.1, 0.15) is 23.0 Å². The predicted molar refractivity (Wildman–Crippen MR) is 169 cm³/mol. The summed E-state index contributed by atoms with van der Waals surface area (Å²) in [4.78, 5) is 0. The summed E-state index contributed by atoms with van der Waals surface area (Å²) in [7, 11) is 8.75. The summed E-state index contributed by atoms with van der Waals surface area (Å²) in [5, 5.41) is 5.82. The summed E-state index contributed by atoms with van der Waals surface area (Å²) in [5.74, 6) is 3.10. The normalized spacial score (nSPS) is 11.0. The number of methoxy groups -OCH3 is 4. The molecule has 0 N–H and O–H groups in total. The number of aromatic nitrogens is 2. The minimum Gasteiger partial charge on any atom is -0.497 e.